The fourth-order valence-electron chi connectivity index (χ4n) is 4.16. The van der Waals surface area contributed by atoms with Crippen LogP contribution in [-0.2, 0) is 4.79 Å². The molecule has 0 saturated heterocycles. The zero-order chi connectivity index (χ0) is 23.1. The van der Waals surface area contributed by atoms with Crippen LogP contribution >= 0.6 is 0 Å². The van der Waals surface area contributed by atoms with Crippen LogP contribution in [0, 0.1) is 12.7 Å². The molecule has 1 atom stereocenters. The summed E-state index contributed by atoms with van der Waals surface area (Å²) in [7, 11) is 0. The lowest BCUT2D eigenvalue weighted by Crippen LogP contribution is -2.40. The number of fused-ring (bicyclic) bond motifs is 2. The van der Waals surface area contributed by atoms with Crippen LogP contribution in [-0.4, -0.2) is 28.2 Å². The molecule has 4 aromatic rings. The average Bonchev–Trinajstić information content (AvgIpc) is 3.18. The van der Waals surface area contributed by atoms with Crippen LogP contribution in [0.25, 0.3) is 22.4 Å². The van der Waals surface area contributed by atoms with E-state index in [2.05, 4.69) is 9.88 Å². The second-order valence-corrected chi connectivity index (χ2v) is 8.38. The van der Waals surface area contributed by atoms with Crippen LogP contribution in [0.5, 0.6) is 11.5 Å². The zero-order valence-electron chi connectivity index (χ0n) is 18.6. The van der Waals surface area contributed by atoms with Gasteiger partial charge in [-0.15, -0.1) is 0 Å². The maximum absolute atomic E-state index is 13.9. The minimum absolute atomic E-state index is 0.0751. The Morgan fingerprint density at radius 3 is 2.70 bits per heavy atom. The molecule has 6 nitrogen and oxygen atoms in total. The third-order valence-corrected chi connectivity index (χ3v) is 5.73. The van der Waals surface area contributed by atoms with Crippen LogP contribution < -0.4 is 14.8 Å². The van der Waals surface area contributed by atoms with E-state index in [0.29, 0.717) is 28.5 Å². The third kappa shape index (κ3) is 3.80. The summed E-state index contributed by atoms with van der Waals surface area (Å²) in [6, 6.07) is 17.7. The number of hydrogen-bond donors (Lipinski definition) is 1. The van der Waals surface area contributed by atoms with Crippen molar-refractivity contribution in [3.05, 3.63) is 72.0 Å². The molecule has 33 heavy (non-hydrogen) atoms. The number of halogens is 1. The van der Waals surface area contributed by atoms with Crippen molar-refractivity contribution in [2.45, 2.75) is 32.9 Å². The maximum atomic E-state index is 13.9. The van der Waals surface area contributed by atoms with Crippen LogP contribution in [0.15, 0.2) is 60.7 Å². The number of aryl methyl sites for hydroxylation is 1. The molecule has 5 rings (SSSR count). The molecular weight excluding hydrogens is 421 g/mol. The van der Waals surface area contributed by atoms with Crippen molar-refractivity contribution >= 4 is 22.6 Å². The first-order chi connectivity index (χ1) is 15.9. The van der Waals surface area contributed by atoms with Gasteiger partial charge < -0.3 is 19.4 Å². The molecule has 1 aromatic heterocycles. The van der Waals surface area contributed by atoms with Gasteiger partial charge in [-0.25, -0.2) is 9.37 Å². The molecule has 3 aromatic carbocycles. The number of imidazole rings is 1. The summed E-state index contributed by atoms with van der Waals surface area (Å²) in [5, 5.41) is 3.03. The molecule has 7 heteroatoms. The fraction of sp³-hybridized carbons (Fsp3) is 0.231. The zero-order valence-corrected chi connectivity index (χ0v) is 18.6. The summed E-state index contributed by atoms with van der Waals surface area (Å²) >= 11 is 0. The highest BCUT2D eigenvalue weighted by atomic mass is 19.1. The topological polar surface area (TPSA) is 65.4 Å². The molecule has 2 heterocycles. The van der Waals surface area contributed by atoms with Gasteiger partial charge in [-0.05, 0) is 56.7 Å². The first kappa shape index (κ1) is 21.0. The summed E-state index contributed by atoms with van der Waals surface area (Å²) in [5.74, 6) is 1.18. The van der Waals surface area contributed by atoms with E-state index in [9.17, 15) is 9.18 Å². The fourth-order valence-corrected chi connectivity index (χ4v) is 4.16. The second-order valence-electron chi connectivity index (χ2n) is 8.38. The molecule has 0 spiro atoms. The van der Waals surface area contributed by atoms with Crippen molar-refractivity contribution in [2.75, 3.05) is 11.9 Å². The Bertz CT molecular complexity index is 1360. The highest BCUT2D eigenvalue weighted by Gasteiger charge is 2.29. The highest BCUT2D eigenvalue weighted by molar-refractivity contribution is 5.99. The monoisotopic (exact) mass is 445 g/mol. The van der Waals surface area contributed by atoms with E-state index in [1.807, 2.05) is 57.2 Å². The predicted molar refractivity (Wildman–Crippen MR) is 125 cm³/mol. The largest absolute Gasteiger partial charge is 0.485 e. The van der Waals surface area contributed by atoms with Gasteiger partial charge in [0.2, 0.25) is 6.10 Å². The number of hydrogen-bond acceptors (Lipinski definition) is 4. The Morgan fingerprint density at radius 1 is 1.12 bits per heavy atom. The lowest BCUT2D eigenvalue weighted by molar-refractivity contribution is -0.125. The maximum Gasteiger partial charge on any atom is 0.269 e. The minimum Gasteiger partial charge on any atom is -0.485 e. The number of para-hydroxylation sites is 3. The quantitative estimate of drug-likeness (QED) is 0.450. The Kier molecular flexibility index (Phi) is 5.24. The number of amides is 1. The molecule has 0 saturated carbocycles. The molecule has 1 aliphatic heterocycles. The van der Waals surface area contributed by atoms with Gasteiger partial charge in [0, 0.05) is 17.7 Å². The number of benzene rings is 3. The van der Waals surface area contributed by atoms with Gasteiger partial charge in [-0.2, -0.15) is 0 Å². The summed E-state index contributed by atoms with van der Waals surface area (Å²) in [6.07, 6.45) is -0.787. The Balaban J connectivity index is 1.53. The van der Waals surface area contributed by atoms with Crippen molar-refractivity contribution in [2.24, 2.45) is 0 Å². The van der Waals surface area contributed by atoms with Gasteiger partial charge in [0.25, 0.3) is 5.91 Å². The summed E-state index contributed by atoms with van der Waals surface area (Å²) in [4.78, 5) is 17.9. The number of carbonyl (C=O) groups excluding carboxylic acids is 1. The number of nitrogens with one attached hydrogen (secondary N) is 1. The normalized spacial score (nSPS) is 15.1. The molecule has 168 valence electrons. The average molecular weight is 445 g/mol. The van der Waals surface area contributed by atoms with Crippen LogP contribution in [0.4, 0.5) is 10.1 Å². The van der Waals surface area contributed by atoms with Gasteiger partial charge in [0.1, 0.15) is 18.2 Å². The Labute approximate surface area is 191 Å². The molecule has 1 aliphatic rings. The van der Waals surface area contributed by atoms with E-state index < -0.39 is 6.10 Å². The molecular formula is C26H24FN3O3. The molecule has 0 radical (unpaired) electrons. The lowest BCUT2D eigenvalue weighted by Gasteiger charge is -2.26. The summed E-state index contributed by atoms with van der Waals surface area (Å²) in [6.45, 7) is 6.14. The van der Waals surface area contributed by atoms with E-state index in [1.165, 1.54) is 12.1 Å². The van der Waals surface area contributed by atoms with Crippen molar-refractivity contribution in [3.63, 3.8) is 0 Å². The van der Waals surface area contributed by atoms with Crippen molar-refractivity contribution < 1.29 is 18.7 Å². The standard InChI is InChI=1S/C26H24FN3O3/c1-15(2)30-20-12-11-17(27)13-19(20)28-25(30)18-8-6-7-16(3)24(18)29-26(31)23-14-32-21-9-4-5-10-22(21)33-23/h4-13,15,23H,14H2,1-3H3,(H,29,31)/t23-/m1/s1. The molecule has 0 fully saturated rings. The van der Waals surface area contributed by atoms with Crippen LogP contribution in [0.1, 0.15) is 25.5 Å². The first-order valence-electron chi connectivity index (χ1n) is 10.9. The third-order valence-electron chi connectivity index (χ3n) is 5.73. The SMILES string of the molecule is Cc1cccc(-c2nc3cc(F)ccc3n2C(C)C)c1NC(=O)[C@H]1COc2ccccc2O1. The first-order valence-corrected chi connectivity index (χ1v) is 10.9. The number of ether oxygens (including phenoxy) is 2. The van der Waals surface area contributed by atoms with Gasteiger partial charge in [0.05, 0.1) is 16.7 Å². The Morgan fingerprint density at radius 2 is 1.91 bits per heavy atom. The van der Waals surface area contributed by atoms with Crippen molar-refractivity contribution in [1.82, 2.24) is 9.55 Å². The van der Waals surface area contributed by atoms with Gasteiger partial charge in [0.15, 0.2) is 11.5 Å². The van der Waals surface area contributed by atoms with E-state index in [1.54, 1.807) is 12.1 Å². The van der Waals surface area contributed by atoms with Gasteiger partial charge in [-0.3, -0.25) is 4.79 Å². The minimum atomic E-state index is -0.787. The second kappa shape index (κ2) is 8.24. The van der Waals surface area contributed by atoms with Crippen LogP contribution in [0.2, 0.25) is 0 Å². The molecule has 1 N–H and O–H groups in total. The smallest absolute Gasteiger partial charge is 0.269 e. The van der Waals surface area contributed by atoms with E-state index in [-0.39, 0.29) is 24.4 Å². The number of carbonyl (C=O) groups is 1. The molecule has 0 aliphatic carbocycles. The van der Waals surface area contributed by atoms with Gasteiger partial charge >= 0.3 is 0 Å². The van der Waals surface area contributed by atoms with Crippen molar-refractivity contribution in [3.8, 4) is 22.9 Å². The lowest BCUT2D eigenvalue weighted by atomic mass is 10.1. The van der Waals surface area contributed by atoms with E-state index in [0.717, 1.165) is 16.6 Å². The predicted octanol–water partition coefficient (Wildman–Crippen LogP) is 5.51. The van der Waals surface area contributed by atoms with E-state index in [4.69, 9.17) is 14.5 Å². The Hall–Kier alpha value is -3.87. The number of nitrogens with zero attached hydrogens (tertiary/aromatic N) is 2. The van der Waals surface area contributed by atoms with Crippen molar-refractivity contribution in [1.29, 1.82) is 0 Å². The highest BCUT2D eigenvalue weighted by Crippen LogP contribution is 2.36. The number of aromatic nitrogens is 2. The molecule has 0 bridgehead atoms. The number of rotatable bonds is 4. The van der Waals surface area contributed by atoms with Crippen LogP contribution in [0.3, 0.4) is 0 Å². The van der Waals surface area contributed by atoms with Gasteiger partial charge in [-0.1, -0.05) is 24.3 Å². The molecule has 1 amide bonds. The number of anilines is 1. The summed E-state index contributed by atoms with van der Waals surface area (Å²) in [5.41, 5.74) is 3.68. The van der Waals surface area contributed by atoms with E-state index >= 15 is 0 Å². The summed E-state index contributed by atoms with van der Waals surface area (Å²) < 4.78 is 27.5. The molecule has 0 unspecified atom stereocenters.